The molecule has 1 aromatic heterocycles. The van der Waals surface area contributed by atoms with Crippen LogP contribution < -0.4 is 32.1 Å². The number of aryl methyl sites for hydroxylation is 2. The maximum absolute atomic E-state index is 13.8. The molecular weight excluding hydrogens is 895 g/mol. The van der Waals surface area contributed by atoms with Crippen molar-refractivity contribution in [3.05, 3.63) is 110 Å². The van der Waals surface area contributed by atoms with E-state index in [0.717, 1.165) is 90.6 Å². The van der Waals surface area contributed by atoms with Crippen LogP contribution in [-0.4, -0.2) is 139 Å². The van der Waals surface area contributed by atoms with Gasteiger partial charge in [-0.05, 0) is 98.5 Å². The molecule has 0 bridgehead atoms. The third-order valence-electron chi connectivity index (χ3n) is 13.9. The Morgan fingerprint density at radius 1 is 0.857 bits per heavy atom. The quantitative estimate of drug-likeness (QED) is 0.0753. The van der Waals surface area contributed by atoms with Crippen molar-refractivity contribution in [1.29, 1.82) is 0 Å². The molecule has 18 nitrogen and oxygen atoms in total. The molecule has 8 rings (SSSR count). The molecule has 1 aliphatic carbocycles. The Morgan fingerprint density at radius 3 is 2.36 bits per heavy atom. The molecule has 0 radical (unpaired) electrons. The van der Waals surface area contributed by atoms with Gasteiger partial charge in [-0.15, -0.1) is 0 Å². The predicted octanol–water partition coefficient (Wildman–Crippen LogP) is 2.72. The van der Waals surface area contributed by atoms with Crippen LogP contribution in [-0.2, 0) is 46.5 Å². The van der Waals surface area contributed by atoms with Crippen molar-refractivity contribution in [3.63, 3.8) is 0 Å². The Balaban J connectivity index is 0.749. The Bertz CT molecular complexity index is 2590. The fraction of sp³-hybridized carbons (Fsp3) is 0.481. The van der Waals surface area contributed by atoms with Gasteiger partial charge in [-0.25, -0.2) is 0 Å². The lowest BCUT2D eigenvalue weighted by atomic mass is 9.92. The first kappa shape index (κ1) is 49.9. The van der Waals surface area contributed by atoms with Crippen LogP contribution in [0, 0.1) is 26.7 Å². The number of amides is 6. The second kappa shape index (κ2) is 23.0. The summed E-state index contributed by atoms with van der Waals surface area (Å²) in [5, 5.41) is 15.1. The second-order valence-corrected chi connectivity index (χ2v) is 18.8. The summed E-state index contributed by atoms with van der Waals surface area (Å²) in [6.45, 7) is 13.7. The zero-order valence-electron chi connectivity index (χ0n) is 40.4. The number of ether oxygens (including phenoxy) is 2. The summed E-state index contributed by atoms with van der Waals surface area (Å²) < 4.78 is 11.3. The molecule has 5 aliphatic rings. The highest BCUT2D eigenvalue weighted by Gasteiger charge is 2.50. The van der Waals surface area contributed by atoms with Crippen LogP contribution in [0.25, 0.3) is 11.1 Å². The molecule has 4 fully saturated rings. The summed E-state index contributed by atoms with van der Waals surface area (Å²) in [5.41, 5.74) is 8.25. The average Bonchev–Trinajstić information content (AvgIpc) is 3.60. The molecule has 4 aliphatic heterocycles. The summed E-state index contributed by atoms with van der Waals surface area (Å²) in [4.78, 5) is 98.3. The van der Waals surface area contributed by atoms with E-state index in [9.17, 15) is 33.6 Å². The first-order chi connectivity index (χ1) is 33.8. The Labute approximate surface area is 408 Å². The van der Waals surface area contributed by atoms with Crippen LogP contribution >= 0.6 is 0 Å². The molecule has 0 spiro atoms. The summed E-state index contributed by atoms with van der Waals surface area (Å²) in [7, 11) is 0. The number of likely N-dealkylation sites (tertiary alicyclic amines) is 1. The van der Waals surface area contributed by atoms with Crippen LogP contribution in [0.3, 0.4) is 0 Å². The molecule has 5 heterocycles. The lowest BCUT2D eigenvalue weighted by molar-refractivity contribution is -0.150. The van der Waals surface area contributed by atoms with Crippen LogP contribution in [0.15, 0.2) is 70.7 Å². The van der Waals surface area contributed by atoms with Crippen LogP contribution in [0.1, 0.15) is 76.8 Å². The van der Waals surface area contributed by atoms with Gasteiger partial charge in [0.1, 0.15) is 6.04 Å². The number of hydrogen-bond acceptors (Lipinski definition) is 13. The van der Waals surface area contributed by atoms with E-state index in [4.69, 9.17) is 9.47 Å². The zero-order valence-corrected chi connectivity index (χ0v) is 40.4. The van der Waals surface area contributed by atoms with Crippen LogP contribution in [0.5, 0.6) is 0 Å². The standard InChI is InChI=1S/C52H65N9O9/c1-32-27-33(2)56-49(65)41(32)30-55-48(64)40-28-37(29-43(34(40)3)57-38-13-23-69-24-14-38)36-9-7-35(8-10-36)31-60-21-19-59(20-22-60)18-16-54-45(62)15-25-70-26-17-53-42-6-4-5-39-47(42)52(68)61(51(39)67)44-11-12-46(63)58-50(44)66/h4,6-10,27-29,38-39,44,53,57H,5,11-26,30-31H2,1-3H3,(H,54,62)(H,55,64)(H,56,65)(H,58,63,66). The number of benzene rings is 2. The first-order valence-corrected chi connectivity index (χ1v) is 24.5. The number of fused-ring (bicyclic) bond motifs is 1. The van der Waals surface area contributed by atoms with Crippen molar-refractivity contribution in [2.45, 2.75) is 84.5 Å². The summed E-state index contributed by atoms with van der Waals surface area (Å²) >= 11 is 0. The van der Waals surface area contributed by atoms with Gasteiger partial charge in [0, 0.05) is 119 Å². The zero-order chi connectivity index (χ0) is 49.3. The lowest BCUT2D eigenvalue weighted by Gasteiger charge is -2.34. The second-order valence-electron chi connectivity index (χ2n) is 18.8. The van der Waals surface area contributed by atoms with E-state index in [-0.39, 0.29) is 62.4 Å². The van der Waals surface area contributed by atoms with Gasteiger partial charge in [-0.3, -0.25) is 53.6 Å². The fourth-order valence-electron chi connectivity index (χ4n) is 9.87. The molecule has 18 heteroatoms. The molecule has 2 atom stereocenters. The number of piperidine rings is 1. The highest BCUT2D eigenvalue weighted by Crippen LogP contribution is 2.36. The summed E-state index contributed by atoms with van der Waals surface area (Å²) in [5.74, 6) is -2.99. The molecule has 70 heavy (non-hydrogen) atoms. The molecule has 6 N–H and O–H groups in total. The van der Waals surface area contributed by atoms with Gasteiger partial charge in [-0.1, -0.05) is 30.3 Å². The van der Waals surface area contributed by atoms with Gasteiger partial charge < -0.3 is 35.7 Å². The van der Waals surface area contributed by atoms with E-state index < -0.39 is 35.6 Å². The number of aromatic nitrogens is 1. The highest BCUT2D eigenvalue weighted by molar-refractivity contribution is 6.18. The Morgan fingerprint density at radius 2 is 1.61 bits per heavy atom. The number of piperazine rings is 1. The normalized spacial score (nSPS) is 20.1. The number of rotatable bonds is 19. The predicted molar refractivity (Wildman–Crippen MR) is 262 cm³/mol. The van der Waals surface area contributed by atoms with E-state index in [1.807, 2.05) is 39.0 Å². The number of nitrogens with one attached hydrogen (secondary N) is 6. The summed E-state index contributed by atoms with van der Waals surface area (Å²) in [6.07, 6.45) is 6.09. The number of carbonyl (C=O) groups is 6. The minimum Gasteiger partial charge on any atom is -0.382 e. The lowest BCUT2D eigenvalue weighted by Crippen LogP contribution is -2.54. The first-order valence-electron chi connectivity index (χ1n) is 24.5. The monoisotopic (exact) mass is 959 g/mol. The number of H-pyrrole nitrogens is 1. The Kier molecular flexibility index (Phi) is 16.4. The SMILES string of the molecule is Cc1cc(C)c(CNC(=O)c2cc(-c3ccc(CN4CCN(CCNC(=O)CCOCCNC5=C6C(=O)N(C7CCC(=O)NC7=O)C(=O)C6CC=C5)CC4)cc3)cc(NC3CCOCC3)c2C)c(=O)[nH]1. The van der Waals surface area contributed by atoms with E-state index in [0.29, 0.717) is 55.1 Å². The minimum atomic E-state index is -0.997. The number of anilines is 1. The minimum absolute atomic E-state index is 0.0673. The number of allylic oxidation sites excluding steroid dienone is 2. The molecule has 4 saturated heterocycles. The van der Waals surface area contributed by atoms with E-state index >= 15 is 0 Å². The molecule has 3 aromatic rings. The van der Waals surface area contributed by atoms with Gasteiger partial charge in [0.05, 0.1) is 24.7 Å². The molecule has 2 unspecified atom stereocenters. The van der Waals surface area contributed by atoms with Crippen molar-refractivity contribution in [2.24, 2.45) is 5.92 Å². The third-order valence-corrected chi connectivity index (χ3v) is 13.9. The van der Waals surface area contributed by atoms with E-state index in [1.54, 1.807) is 6.08 Å². The smallest absolute Gasteiger partial charge is 0.260 e. The number of aromatic amines is 1. The third kappa shape index (κ3) is 12.1. The average molecular weight is 960 g/mol. The van der Waals surface area contributed by atoms with E-state index in [2.05, 4.69) is 71.7 Å². The highest BCUT2D eigenvalue weighted by atomic mass is 16.5. The topological polar surface area (TPSA) is 224 Å². The Hall–Kier alpha value is -6.47. The van der Waals surface area contributed by atoms with Crippen molar-refractivity contribution < 1.29 is 38.2 Å². The maximum Gasteiger partial charge on any atom is 0.260 e. The molecule has 6 amide bonds. The van der Waals surface area contributed by atoms with Crippen LogP contribution in [0.4, 0.5) is 5.69 Å². The van der Waals surface area contributed by atoms with Gasteiger partial charge >= 0.3 is 0 Å². The number of nitrogens with zero attached hydrogens (tertiary/aromatic N) is 3. The number of carbonyl (C=O) groups excluding carboxylic acids is 6. The largest absolute Gasteiger partial charge is 0.382 e. The molecule has 2 aromatic carbocycles. The van der Waals surface area contributed by atoms with Gasteiger partial charge in [0.25, 0.3) is 17.4 Å². The fourth-order valence-corrected chi connectivity index (χ4v) is 9.87. The van der Waals surface area contributed by atoms with Crippen LogP contribution in [0.2, 0.25) is 0 Å². The number of imide groups is 2. The summed E-state index contributed by atoms with van der Waals surface area (Å²) in [6, 6.07) is 13.7. The van der Waals surface area contributed by atoms with E-state index in [1.165, 1.54) is 5.56 Å². The molecular formula is C52H65N9O9. The molecule has 0 saturated carbocycles. The van der Waals surface area contributed by atoms with Gasteiger partial charge in [-0.2, -0.15) is 0 Å². The van der Waals surface area contributed by atoms with Crippen molar-refractivity contribution in [2.75, 3.05) is 77.6 Å². The van der Waals surface area contributed by atoms with Gasteiger partial charge in [0.15, 0.2) is 0 Å². The number of hydrogen-bond donors (Lipinski definition) is 6. The van der Waals surface area contributed by atoms with Crippen molar-refractivity contribution in [3.8, 4) is 11.1 Å². The van der Waals surface area contributed by atoms with Crippen molar-refractivity contribution in [1.82, 2.24) is 41.0 Å². The van der Waals surface area contributed by atoms with Crippen molar-refractivity contribution >= 4 is 41.1 Å². The maximum atomic E-state index is 13.8. The van der Waals surface area contributed by atoms with Gasteiger partial charge in [0.2, 0.25) is 23.6 Å². The number of pyridine rings is 1. The molecule has 372 valence electrons.